The average molecular weight is 506 g/mol. The molecule has 0 radical (unpaired) electrons. The molecule has 192 valence electrons. The first-order chi connectivity index (χ1) is 17.6. The van der Waals surface area contributed by atoms with Gasteiger partial charge in [0.15, 0.2) is 0 Å². The highest BCUT2D eigenvalue weighted by Crippen LogP contribution is 2.33. The van der Waals surface area contributed by atoms with Gasteiger partial charge in [-0.2, -0.15) is 0 Å². The summed E-state index contributed by atoms with van der Waals surface area (Å²) in [6, 6.07) is 16.7. The van der Waals surface area contributed by atoms with Crippen LogP contribution in [0.15, 0.2) is 48.7 Å². The molecule has 4 aliphatic rings. The van der Waals surface area contributed by atoms with Crippen LogP contribution in [0.1, 0.15) is 61.4 Å². The standard InChI is InChI=1S/C30H40ClN5/c31-25-6-5-24-9-20-36(30(32)29(24)21-25)28-10-16-33(17-11-28)22-23-3-7-26(8-4-23)35-18-12-27(13-19-35)34-14-1-2-15-34/h3-9,20-21,27-28,30H,1-2,10-19,22,32H2. The molecule has 2 aromatic carbocycles. The van der Waals surface area contributed by atoms with Crippen molar-refractivity contribution in [2.45, 2.75) is 63.3 Å². The first-order valence-corrected chi connectivity index (χ1v) is 14.3. The number of nitrogens with two attached hydrogens (primary N) is 1. The van der Waals surface area contributed by atoms with Crippen LogP contribution in [0, 0.1) is 0 Å². The molecule has 0 aromatic heterocycles. The summed E-state index contributed by atoms with van der Waals surface area (Å²) in [7, 11) is 0. The largest absolute Gasteiger partial charge is 0.371 e. The number of rotatable bonds is 5. The van der Waals surface area contributed by atoms with Gasteiger partial charge in [-0.1, -0.05) is 29.8 Å². The van der Waals surface area contributed by atoms with Gasteiger partial charge in [0, 0.05) is 61.7 Å². The van der Waals surface area contributed by atoms with E-state index in [0.29, 0.717) is 6.04 Å². The van der Waals surface area contributed by atoms with E-state index >= 15 is 0 Å². The van der Waals surface area contributed by atoms with Crippen molar-refractivity contribution in [1.29, 1.82) is 0 Å². The fourth-order valence-electron chi connectivity index (χ4n) is 6.76. The minimum absolute atomic E-state index is 0.117. The van der Waals surface area contributed by atoms with Crippen molar-refractivity contribution in [2.75, 3.05) is 44.2 Å². The van der Waals surface area contributed by atoms with E-state index in [1.165, 1.54) is 68.7 Å². The number of nitrogens with zero attached hydrogens (tertiary/aromatic N) is 4. The molecule has 0 spiro atoms. The summed E-state index contributed by atoms with van der Waals surface area (Å²) < 4.78 is 0. The van der Waals surface area contributed by atoms with E-state index in [-0.39, 0.29) is 6.17 Å². The number of anilines is 1. The minimum atomic E-state index is -0.117. The summed E-state index contributed by atoms with van der Waals surface area (Å²) in [5, 5.41) is 0.756. The van der Waals surface area contributed by atoms with Gasteiger partial charge in [-0.15, -0.1) is 0 Å². The Balaban J connectivity index is 0.987. The second-order valence-electron chi connectivity index (χ2n) is 11.1. The highest BCUT2D eigenvalue weighted by Gasteiger charge is 2.30. The van der Waals surface area contributed by atoms with E-state index in [2.05, 4.69) is 62.2 Å². The van der Waals surface area contributed by atoms with E-state index < -0.39 is 0 Å². The van der Waals surface area contributed by atoms with Gasteiger partial charge in [0.25, 0.3) is 0 Å². The maximum Gasteiger partial charge on any atom is 0.104 e. The van der Waals surface area contributed by atoms with E-state index in [1.807, 2.05) is 12.1 Å². The Morgan fingerprint density at radius 2 is 1.50 bits per heavy atom. The fourth-order valence-corrected chi connectivity index (χ4v) is 6.94. The zero-order valence-electron chi connectivity index (χ0n) is 21.4. The van der Waals surface area contributed by atoms with Crippen molar-refractivity contribution >= 4 is 23.4 Å². The average Bonchev–Trinajstić information content (AvgIpc) is 3.46. The van der Waals surface area contributed by atoms with Crippen LogP contribution in [-0.4, -0.2) is 66.1 Å². The Morgan fingerprint density at radius 3 is 2.22 bits per heavy atom. The molecule has 0 bridgehead atoms. The summed E-state index contributed by atoms with van der Waals surface area (Å²) in [5.41, 5.74) is 11.8. The lowest BCUT2D eigenvalue weighted by atomic mass is 9.96. The number of benzene rings is 2. The number of fused-ring (bicyclic) bond motifs is 1. The summed E-state index contributed by atoms with van der Waals surface area (Å²) in [6.07, 6.45) is 11.9. The second kappa shape index (κ2) is 10.7. The van der Waals surface area contributed by atoms with Crippen molar-refractivity contribution < 1.29 is 0 Å². The fraction of sp³-hybridized carbons (Fsp3) is 0.533. The zero-order chi connectivity index (χ0) is 24.5. The predicted octanol–water partition coefficient (Wildman–Crippen LogP) is 5.31. The highest BCUT2D eigenvalue weighted by molar-refractivity contribution is 6.30. The van der Waals surface area contributed by atoms with Crippen LogP contribution >= 0.6 is 11.6 Å². The molecule has 3 fully saturated rings. The Kier molecular flexibility index (Phi) is 7.25. The van der Waals surface area contributed by atoms with E-state index in [4.69, 9.17) is 17.3 Å². The molecule has 6 heteroatoms. The molecule has 1 atom stereocenters. The van der Waals surface area contributed by atoms with Gasteiger partial charge in [0.2, 0.25) is 0 Å². The lowest BCUT2D eigenvalue weighted by Gasteiger charge is -2.42. The van der Waals surface area contributed by atoms with Crippen LogP contribution in [-0.2, 0) is 6.54 Å². The monoisotopic (exact) mass is 505 g/mol. The molecule has 2 aromatic rings. The van der Waals surface area contributed by atoms with Gasteiger partial charge in [-0.25, -0.2) is 0 Å². The zero-order valence-corrected chi connectivity index (χ0v) is 22.1. The number of halogens is 1. The minimum Gasteiger partial charge on any atom is -0.371 e. The second-order valence-corrected chi connectivity index (χ2v) is 11.6. The summed E-state index contributed by atoms with van der Waals surface area (Å²) in [6.45, 7) is 8.27. The molecule has 4 heterocycles. The molecule has 0 aliphatic carbocycles. The molecule has 0 saturated carbocycles. The lowest BCUT2D eigenvalue weighted by molar-refractivity contribution is 0.110. The molecule has 36 heavy (non-hydrogen) atoms. The smallest absolute Gasteiger partial charge is 0.104 e. The van der Waals surface area contributed by atoms with Crippen molar-refractivity contribution in [3.63, 3.8) is 0 Å². The Labute approximate surface area is 221 Å². The molecular weight excluding hydrogens is 466 g/mol. The Bertz CT molecular complexity index is 1050. The molecule has 3 saturated heterocycles. The van der Waals surface area contributed by atoms with Gasteiger partial charge in [-0.05, 0) is 98.6 Å². The molecule has 4 aliphatic heterocycles. The third-order valence-electron chi connectivity index (χ3n) is 8.92. The Hall–Kier alpha value is -2.05. The third-order valence-corrected chi connectivity index (χ3v) is 9.16. The van der Waals surface area contributed by atoms with Crippen LogP contribution in [0.5, 0.6) is 0 Å². The van der Waals surface area contributed by atoms with E-state index in [0.717, 1.165) is 49.1 Å². The van der Waals surface area contributed by atoms with E-state index in [1.54, 1.807) is 0 Å². The van der Waals surface area contributed by atoms with Crippen LogP contribution < -0.4 is 10.6 Å². The van der Waals surface area contributed by atoms with Crippen LogP contribution in [0.2, 0.25) is 5.02 Å². The van der Waals surface area contributed by atoms with Gasteiger partial charge >= 0.3 is 0 Å². The van der Waals surface area contributed by atoms with Gasteiger partial charge in [0.05, 0.1) is 0 Å². The van der Waals surface area contributed by atoms with Crippen LogP contribution in [0.25, 0.3) is 6.08 Å². The van der Waals surface area contributed by atoms with Gasteiger partial charge in [0.1, 0.15) is 6.17 Å². The SMILES string of the molecule is NC1c2cc(Cl)ccc2C=CN1C1CCN(Cc2ccc(N3CCC(N4CCCC4)CC3)cc2)CC1. The molecule has 1 unspecified atom stereocenters. The van der Waals surface area contributed by atoms with Crippen molar-refractivity contribution in [1.82, 2.24) is 14.7 Å². The van der Waals surface area contributed by atoms with Crippen molar-refractivity contribution in [2.24, 2.45) is 5.73 Å². The molecule has 2 N–H and O–H groups in total. The third kappa shape index (κ3) is 5.17. The maximum atomic E-state index is 6.66. The summed E-state index contributed by atoms with van der Waals surface area (Å²) >= 11 is 6.25. The topological polar surface area (TPSA) is 39.0 Å². The highest BCUT2D eigenvalue weighted by atomic mass is 35.5. The first kappa shape index (κ1) is 24.3. The van der Waals surface area contributed by atoms with E-state index in [9.17, 15) is 0 Å². The predicted molar refractivity (Wildman–Crippen MR) is 150 cm³/mol. The first-order valence-electron chi connectivity index (χ1n) is 13.9. The van der Waals surface area contributed by atoms with Crippen LogP contribution in [0.3, 0.4) is 0 Å². The summed E-state index contributed by atoms with van der Waals surface area (Å²) in [4.78, 5) is 10.3. The summed E-state index contributed by atoms with van der Waals surface area (Å²) in [5.74, 6) is 0. The molecule has 6 rings (SSSR count). The van der Waals surface area contributed by atoms with Crippen molar-refractivity contribution in [3.05, 3.63) is 70.4 Å². The quantitative estimate of drug-likeness (QED) is 0.596. The maximum absolute atomic E-state index is 6.66. The number of likely N-dealkylation sites (tertiary alicyclic amines) is 2. The van der Waals surface area contributed by atoms with Crippen LogP contribution in [0.4, 0.5) is 5.69 Å². The normalized spacial score (nSPS) is 24.4. The lowest BCUT2D eigenvalue weighted by Crippen LogP contribution is -2.46. The molecule has 5 nitrogen and oxygen atoms in total. The molecule has 0 amide bonds. The number of hydrogen-bond acceptors (Lipinski definition) is 5. The van der Waals surface area contributed by atoms with Gasteiger partial charge < -0.3 is 20.4 Å². The molecular formula is C30H40ClN5. The Morgan fingerprint density at radius 1 is 0.806 bits per heavy atom. The van der Waals surface area contributed by atoms with Crippen molar-refractivity contribution in [3.8, 4) is 0 Å². The number of piperidine rings is 2. The van der Waals surface area contributed by atoms with Gasteiger partial charge in [-0.3, -0.25) is 4.90 Å². The number of hydrogen-bond donors (Lipinski definition) is 1.